The second-order valence-electron chi connectivity index (χ2n) is 4.87. The maximum atomic E-state index is 11.7. The molecule has 8 nitrogen and oxygen atoms in total. The minimum atomic E-state index is -0.202. The van der Waals surface area contributed by atoms with Crippen LogP contribution >= 0.6 is 0 Å². The van der Waals surface area contributed by atoms with E-state index in [1.54, 1.807) is 24.3 Å². The first kappa shape index (κ1) is 16.6. The van der Waals surface area contributed by atoms with Crippen LogP contribution in [-0.2, 0) is 11.2 Å². The van der Waals surface area contributed by atoms with Crippen molar-refractivity contribution in [1.29, 1.82) is 0 Å². The van der Waals surface area contributed by atoms with Crippen molar-refractivity contribution in [2.45, 2.75) is 26.2 Å². The van der Waals surface area contributed by atoms with Gasteiger partial charge in [0.2, 0.25) is 0 Å². The van der Waals surface area contributed by atoms with E-state index in [1.807, 2.05) is 6.92 Å². The molecule has 0 aliphatic heterocycles. The van der Waals surface area contributed by atoms with Gasteiger partial charge in [-0.1, -0.05) is 12.1 Å². The maximum Gasteiger partial charge on any atom is 0.257 e. The van der Waals surface area contributed by atoms with Gasteiger partial charge in [0.1, 0.15) is 5.75 Å². The average molecular weight is 317 g/mol. The third-order valence-electron chi connectivity index (χ3n) is 3.16. The Morgan fingerprint density at radius 2 is 2.04 bits per heavy atom. The van der Waals surface area contributed by atoms with Crippen molar-refractivity contribution < 1.29 is 14.3 Å². The van der Waals surface area contributed by atoms with Gasteiger partial charge in [-0.2, -0.15) is 5.21 Å². The fraction of sp³-hybridized carbons (Fsp3) is 0.400. The minimum Gasteiger partial charge on any atom is -0.484 e. The number of nitrogens with one attached hydrogen (secondary N) is 2. The summed E-state index contributed by atoms with van der Waals surface area (Å²) in [5, 5.41) is 16.2. The summed E-state index contributed by atoms with van der Waals surface area (Å²) in [5.74, 6) is 1.06. The fourth-order valence-electron chi connectivity index (χ4n) is 1.90. The zero-order valence-corrected chi connectivity index (χ0v) is 12.9. The second kappa shape index (κ2) is 8.62. The summed E-state index contributed by atoms with van der Waals surface area (Å²) in [7, 11) is 0. The molecule has 1 heterocycles. The second-order valence-corrected chi connectivity index (χ2v) is 4.87. The Morgan fingerprint density at radius 3 is 2.70 bits per heavy atom. The highest BCUT2D eigenvalue weighted by atomic mass is 16.5. The standard InChI is InChI=1S/C15H19N5O3/c1-2-13(21)11-5-7-12(8-6-11)23-10-15(22)16-9-3-4-14-17-19-20-18-14/h5-8H,2-4,9-10H2,1H3,(H,16,22)(H,17,18,19,20). The molecule has 0 spiro atoms. The highest BCUT2D eigenvalue weighted by Crippen LogP contribution is 2.13. The van der Waals surface area contributed by atoms with Crippen molar-refractivity contribution in [1.82, 2.24) is 25.9 Å². The number of rotatable bonds is 9. The molecule has 0 fully saturated rings. The predicted octanol–water partition coefficient (Wildman–Crippen LogP) is 0.920. The van der Waals surface area contributed by atoms with Crippen LogP contribution in [-0.4, -0.2) is 45.5 Å². The molecule has 0 aliphatic carbocycles. The summed E-state index contributed by atoms with van der Waals surface area (Å²) in [4.78, 5) is 23.2. The molecule has 0 atom stereocenters. The van der Waals surface area contributed by atoms with Gasteiger partial charge in [-0.25, -0.2) is 0 Å². The van der Waals surface area contributed by atoms with Crippen LogP contribution in [0.25, 0.3) is 0 Å². The molecule has 0 saturated heterocycles. The van der Waals surface area contributed by atoms with E-state index >= 15 is 0 Å². The summed E-state index contributed by atoms with van der Waals surface area (Å²) < 4.78 is 5.38. The number of hydrogen-bond donors (Lipinski definition) is 2. The van der Waals surface area contributed by atoms with Gasteiger partial charge in [0, 0.05) is 24.9 Å². The number of aromatic nitrogens is 4. The van der Waals surface area contributed by atoms with Gasteiger partial charge in [0.05, 0.1) is 0 Å². The molecule has 1 aromatic heterocycles. The molecule has 0 aliphatic rings. The Morgan fingerprint density at radius 1 is 1.26 bits per heavy atom. The smallest absolute Gasteiger partial charge is 0.257 e. The van der Waals surface area contributed by atoms with Gasteiger partial charge in [0.25, 0.3) is 5.91 Å². The Bertz CT molecular complexity index is 625. The van der Waals surface area contributed by atoms with Crippen molar-refractivity contribution in [3.8, 4) is 5.75 Å². The number of Topliss-reactive ketones (excluding diaryl/α,β-unsaturated/α-hetero) is 1. The van der Waals surface area contributed by atoms with Crippen LogP contribution in [0.1, 0.15) is 35.9 Å². The van der Waals surface area contributed by atoms with Gasteiger partial charge in [-0.3, -0.25) is 9.59 Å². The van der Waals surface area contributed by atoms with Crippen molar-refractivity contribution in [3.05, 3.63) is 35.7 Å². The van der Waals surface area contributed by atoms with Crippen LogP contribution < -0.4 is 10.1 Å². The van der Waals surface area contributed by atoms with E-state index in [2.05, 4.69) is 25.9 Å². The topological polar surface area (TPSA) is 110 Å². The number of benzene rings is 1. The summed E-state index contributed by atoms with van der Waals surface area (Å²) in [6.45, 7) is 2.26. The monoisotopic (exact) mass is 317 g/mol. The average Bonchev–Trinajstić information content (AvgIpc) is 3.10. The highest BCUT2D eigenvalue weighted by Gasteiger charge is 2.05. The molecule has 2 rings (SSSR count). The molecule has 0 saturated carbocycles. The van der Waals surface area contributed by atoms with Crippen LogP contribution in [0.5, 0.6) is 5.75 Å². The predicted molar refractivity (Wildman–Crippen MR) is 82.1 cm³/mol. The lowest BCUT2D eigenvalue weighted by atomic mass is 10.1. The van der Waals surface area contributed by atoms with Crippen molar-refractivity contribution in [2.24, 2.45) is 0 Å². The Kier molecular flexibility index (Phi) is 6.22. The summed E-state index contributed by atoms with van der Waals surface area (Å²) in [5.41, 5.74) is 0.644. The molecule has 1 amide bonds. The molecular formula is C15H19N5O3. The first-order chi connectivity index (χ1) is 11.2. The van der Waals surface area contributed by atoms with Gasteiger partial charge in [-0.05, 0) is 30.7 Å². The lowest BCUT2D eigenvalue weighted by Gasteiger charge is -2.07. The van der Waals surface area contributed by atoms with E-state index in [1.165, 1.54) is 0 Å². The summed E-state index contributed by atoms with van der Waals surface area (Å²) >= 11 is 0. The minimum absolute atomic E-state index is 0.0662. The number of aryl methyl sites for hydroxylation is 1. The van der Waals surface area contributed by atoms with Gasteiger partial charge in [0.15, 0.2) is 18.2 Å². The number of hydrogen-bond acceptors (Lipinski definition) is 6. The van der Waals surface area contributed by atoms with E-state index in [9.17, 15) is 9.59 Å². The number of H-pyrrole nitrogens is 1. The molecule has 122 valence electrons. The molecule has 23 heavy (non-hydrogen) atoms. The van der Waals surface area contributed by atoms with Crippen molar-refractivity contribution in [3.63, 3.8) is 0 Å². The molecule has 0 bridgehead atoms. The maximum absolute atomic E-state index is 11.7. The third-order valence-corrected chi connectivity index (χ3v) is 3.16. The molecule has 0 radical (unpaired) electrons. The zero-order valence-electron chi connectivity index (χ0n) is 12.9. The third kappa shape index (κ3) is 5.50. The molecule has 0 unspecified atom stereocenters. The number of ether oxygens (including phenoxy) is 1. The van der Waals surface area contributed by atoms with Crippen molar-refractivity contribution >= 4 is 11.7 Å². The van der Waals surface area contributed by atoms with Crippen molar-refractivity contribution in [2.75, 3.05) is 13.2 Å². The zero-order chi connectivity index (χ0) is 16.5. The normalized spacial score (nSPS) is 10.3. The molecule has 1 aromatic carbocycles. The van der Waals surface area contributed by atoms with E-state index in [4.69, 9.17) is 4.74 Å². The fourth-order valence-corrected chi connectivity index (χ4v) is 1.90. The number of ketones is 1. The number of aromatic amines is 1. The van der Waals surface area contributed by atoms with Crippen LogP contribution in [0, 0.1) is 0 Å². The Balaban J connectivity index is 1.64. The Labute approximate surface area is 133 Å². The summed E-state index contributed by atoms with van der Waals surface area (Å²) in [6.07, 6.45) is 1.83. The number of nitrogens with zero attached hydrogens (tertiary/aromatic N) is 3. The van der Waals surface area contributed by atoms with Gasteiger partial charge in [-0.15, -0.1) is 10.2 Å². The number of amides is 1. The number of tetrazole rings is 1. The van der Waals surface area contributed by atoms with E-state index in [0.29, 0.717) is 36.5 Å². The first-order valence-corrected chi connectivity index (χ1v) is 7.44. The number of carbonyl (C=O) groups is 2. The molecule has 2 aromatic rings. The van der Waals surface area contributed by atoms with Crippen LogP contribution in [0.15, 0.2) is 24.3 Å². The summed E-state index contributed by atoms with van der Waals surface area (Å²) in [6, 6.07) is 6.77. The van der Waals surface area contributed by atoms with E-state index < -0.39 is 0 Å². The Hall–Kier alpha value is -2.77. The first-order valence-electron chi connectivity index (χ1n) is 7.44. The van der Waals surface area contributed by atoms with Gasteiger partial charge >= 0.3 is 0 Å². The largest absolute Gasteiger partial charge is 0.484 e. The van der Waals surface area contributed by atoms with Crippen LogP contribution in [0.4, 0.5) is 0 Å². The molecule has 8 heteroatoms. The lowest BCUT2D eigenvalue weighted by Crippen LogP contribution is -2.29. The van der Waals surface area contributed by atoms with Crippen LogP contribution in [0.2, 0.25) is 0 Å². The quantitative estimate of drug-likeness (QED) is 0.526. The highest BCUT2D eigenvalue weighted by molar-refractivity contribution is 5.95. The SMILES string of the molecule is CCC(=O)c1ccc(OCC(=O)NCCCc2nn[nH]n2)cc1. The molecular weight excluding hydrogens is 298 g/mol. The van der Waals surface area contributed by atoms with E-state index in [0.717, 1.165) is 6.42 Å². The number of carbonyl (C=O) groups excluding carboxylic acids is 2. The van der Waals surface area contributed by atoms with Gasteiger partial charge < -0.3 is 10.1 Å². The lowest BCUT2D eigenvalue weighted by molar-refractivity contribution is -0.123. The van der Waals surface area contributed by atoms with Crippen LogP contribution in [0.3, 0.4) is 0 Å². The molecule has 2 N–H and O–H groups in total. The van der Waals surface area contributed by atoms with E-state index in [-0.39, 0.29) is 18.3 Å².